The number of benzene rings is 1. The van der Waals surface area contributed by atoms with E-state index in [9.17, 15) is 0 Å². The lowest BCUT2D eigenvalue weighted by atomic mass is 10.1. The SMILES string of the molecule is CN=C(NCc1ccccc1Cn1cccn1)N1CCN(Cc2ccon2)CC1. The Hall–Kier alpha value is -3.13. The maximum absolute atomic E-state index is 4.93. The number of nitrogens with zero attached hydrogens (tertiary/aromatic N) is 6. The highest BCUT2D eigenvalue weighted by molar-refractivity contribution is 5.80. The van der Waals surface area contributed by atoms with E-state index in [0.717, 1.165) is 57.5 Å². The van der Waals surface area contributed by atoms with Crippen molar-refractivity contribution in [3.8, 4) is 0 Å². The minimum atomic E-state index is 0.739. The predicted molar refractivity (Wildman–Crippen MR) is 111 cm³/mol. The van der Waals surface area contributed by atoms with Crippen molar-refractivity contribution in [1.29, 1.82) is 0 Å². The van der Waals surface area contributed by atoms with Gasteiger partial charge in [0.2, 0.25) is 0 Å². The van der Waals surface area contributed by atoms with Gasteiger partial charge in [0.15, 0.2) is 5.96 Å². The lowest BCUT2D eigenvalue weighted by Crippen LogP contribution is -2.52. The van der Waals surface area contributed by atoms with E-state index < -0.39 is 0 Å². The second-order valence-corrected chi connectivity index (χ2v) is 7.13. The van der Waals surface area contributed by atoms with E-state index in [1.807, 2.05) is 36.3 Å². The topological polar surface area (TPSA) is 74.7 Å². The van der Waals surface area contributed by atoms with Gasteiger partial charge in [-0.25, -0.2) is 0 Å². The molecule has 0 bridgehead atoms. The normalized spacial score (nSPS) is 15.6. The highest BCUT2D eigenvalue weighted by Gasteiger charge is 2.20. The molecule has 29 heavy (non-hydrogen) atoms. The van der Waals surface area contributed by atoms with Crippen molar-refractivity contribution in [1.82, 2.24) is 30.1 Å². The third kappa shape index (κ3) is 5.03. The molecule has 4 rings (SSSR count). The zero-order valence-electron chi connectivity index (χ0n) is 16.7. The van der Waals surface area contributed by atoms with Gasteiger partial charge in [-0.05, 0) is 17.2 Å². The molecular weight excluding hydrogens is 366 g/mol. The lowest BCUT2D eigenvalue weighted by Gasteiger charge is -2.36. The van der Waals surface area contributed by atoms with Gasteiger partial charge in [0.25, 0.3) is 0 Å². The number of nitrogens with one attached hydrogen (secondary N) is 1. The van der Waals surface area contributed by atoms with Gasteiger partial charge in [0, 0.05) is 64.8 Å². The second kappa shape index (κ2) is 9.38. The minimum Gasteiger partial charge on any atom is -0.364 e. The Morgan fingerprint density at radius 1 is 1.07 bits per heavy atom. The molecule has 0 unspecified atom stereocenters. The first-order valence-electron chi connectivity index (χ1n) is 9.93. The summed E-state index contributed by atoms with van der Waals surface area (Å²) >= 11 is 0. The van der Waals surface area contributed by atoms with Crippen LogP contribution < -0.4 is 5.32 Å². The molecule has 0 amide bonds. The summed E-state index contributed by atoms with van der Waals surface area (Å²) in [6, 6.07) is 12.3. The minimum absolute atomic E-state index is 0.739. The van der Waals surface area contributed by atoms with Crippen molar-refractivity contribution >= 4 is 5.96 Å². The van der Waals surface area contributed by atoms with E-state index in [-0.39, 0.29) is 0 Å². The summed E-state index contributed by atoms with van der Waals surface area (Å²) in [4.78, 5) is 9.21. The number of guanidine groups is 1. The van der Waals surface area contributed by atoms with Crippen molar-refractivity contribution < 1.29 is 4.52 Å². The highest BCUT2D eigenvalue weighted by atomic mass is 16.5. The van der Waals surface area contributed by atoms with Crippen LogP contribution in [0.15, 0.2) is 64.6 Å². The third-order valence-electron chi connectivity index (χ3n) is 5.21. The van der Waals surface area contributed by atoms with Crippen LogP contribution >= 0.6 is 0 Å². The Labute approximate surface area is 170 Å². The van der Waals surface area contributed by atoms with Crippen molar-refractivity contribution in [2.75, 3.05) is 33.2 Å². The number of piperazine rings is 1. The first-order chi connectivity index (χ1) is 14.3. The van der Waals surface area contributed by atoms with Crippen molar-refractivity contribution in [3.05, 3.63) is 71.9 Å². The molecule has 1 aliphatic rings. The Kier molecular flexibility index (Phi) is 6.21. The van der Waals surface area contributed by atoms with Crippen molar-refractivity contribution in [3.63, 3.8) is 0 Å². The summed E-state index contributed by atoms with van der Waals surface area (Å²) in [5, 5.41) is 11.9. The van der Waals surface area contributed by atoms with E-state index in [4.69, 9.17) is 4.52 Å². The largest absolute Gasteiger partial charge is 0.364 e. The molecule has 8 heteroatoms. The third-order valence-corrected chi connectivity index (χ3v) is 5.21. The van der Waals surface area contributed by atoms with E-state index in [1.165, 1.54) is 11.1 Å². The number of aliphatic imine (C=N–C) groups is 1. The molecule has 0 aliphatic carbocycles. The molecule has 1 fully saturated rings. The van der Waals surface area contributed by atoms with Crippen LogP contribution in [0.1, 0.15) is 16.8 Å². The number of aromatic nitrogens is 3. The van der Waals surface area contributed by atoms with E-state index in [1.54, 1.807) is 6.26 Å². The van der Waals surface area contributed by atoms with Gasteiger partial charge in [-0.15, -0.1) is 0 Å². The van der Waals surface area contributed by atoms with Crippen LogP contribution in [0.4, 0.5) is 0 Å². The van der Waals surface area contributed by atoms with Crippen LogP contribution in [0.3, 0.4) is 0 Å². The molecule has 3 heterocycles. The summed E-state index contributed by atoms with van der Waals surface area (Å²) < 4.78 is 6.87. The van der Waals surface area contributed by atoms with Crippen LogP contribution in [0.5, 0.6) is 0 Å². The molecule has 0 spiro atoms. The molecule has 0 radical (unpaired) electrons. The van der Waals surface area contributed by atoms with Crippen molar-refractivity contribution in [2.45, 2.75) is 19.6 Å². The number of hydrogen-bond acceptors (Lipinski definition) is 5. The van der Waals surface area contributed by atoms with Gasteiger partial charge in [-0.2, -0.15) is 5.10 Å². The van der Waals surface area contributed by atoms with Gasteiger partial charge in [0.05, 0.1) is 12.2 Å². The molecule has 1 saturated heterocycles. The maximum Gasteiger partial charge on any atom is 0.194 e. The molecule has 152 valence electrons. The standard InChI is InChI=1S/C21H27N7O/c1-22-21(27-12-10-26(11-13-27)17-20-7-14-29-25-20)23-15-18-5-2-3-6-19(18)16-28-9-4-8-24-28/h2-9,14H,10-13,15-17H2,1H3,(H,22,23). The fourth-order valence-electron chi connectivity index (χ4n) is 3.63. The van der Waals surface area contributed by atoms with E-state index in [2.05, 4.69) is 54.6 Å². The molecule has 1 aliphatic heterocycles. The molecule has 1 aromatic carbocycles. The summed E-state index contributed by atoms with van der Waals surface area (Å²) in [7, 11) is 1.85. The summed E-state index contributed by atoms with van der Waals surface area (Å²) in [6.07, 6.45) is 5.42. The average molecular weight is 393 g/mol. The zero-order chi connectivity index (χ0) is 19.9. The van der Waals surface area contributed by atoms with Crippen LogP contribution in [0.25, 0.3) is 0 Å². The van der Waals surface area contributed by atoms with Crippen LogP contribution in [0, 0.1) is 0 Å². The molecule has 0 atom stereocenters. The number of hydrogen-bond donors (Lipinski definition) is 1. The van der Waals surface area contributed by atoms with Crippen LogP contribution in [0.2, 0.25) is 0 Å². The summed E-state index contributed by atoms with van der Waals surface area (Å²) in [5.41, 5.74) is 3.50. The summed E-state index contributed by atoms with van der Waals surface area (Å²) in [6.45, 7) is 6.16. The zero-order valence-corrected chi connectivity index (χ0v) is 16.7. The quantitative estimate of drug-likeness (QED) is 0.509. The van der Waals surface area contributed by atoms with Gasteiger partial charge in [0.1, 0.15) is 6.26 Å². The average Bonchev–Trinajstić information content (AvgIpc) is 3.45. The fraction of sp³-hybridized carbons (Fsp3) is 0.381. The molecular formula is C21H27N7O. The van der Waals surface area contributed by atoms with E-state index >= 15 is 0 Å². The monoisotopic (exact) mass is 393 g/mol. The van der Waals surface area contributed by atoms with Gasteiger partial charge < -0.3 is 14.7 Å². The lowest BCUT2D eigenvalue weighted by molar-refractivity contribution is 0.169. The highest BCUT2D eigenvalue weighted by Crippen LogP contribution is 2.11. The van der Waals surface area contributed by atoms with Gasteiger partial charge in [-0.3, -0.25) is 14.6 Å². The second-order valence-electron chi connectivity index (χ2n) is 7.13. The Morgan fingerprint density at radius 2 is 1.90 bits per heavy atom. The summed E-state index contributed by atoms with van der Waals surface area (Å²) in [5.74, 6) is 0.944. The predicted octanol–water partition coefficient (Wildman–Crippen LogP) is 1.81. The van der Waals surface area contributed by atoms with Crippen LogP contribution in [-0.2, 0) is 19.6 Å². The fourth-order valence-corrected chi connectivity index (χ4v) is 3.63. The Bertz CT molecular complexity index is 897. The van der Waals surface area contributed by atoms with Gasteiger partial charge in [-0.1, -0.05) is 29.4 Å². The molecule has 3 aromatic rings. The first-order valence-corrected chi connectivity index (χ1v) is 9.93. The van der Waals surface area contributed by atoms with E-state index in [0.29, 0.717) is 0 Å². The maximum atomic E-state index is 4.93. The molecule has 1 N–H and O–H groups in total. The van der Waals surface area contributed by atoms with Crippen molar-refractivity contribution in [2.24, 2.45) is 4.99 Å². The Balaban J connectivity index is 1.31. The van der Waals surface area contributed by atoms with Gasteiger partial charge >= 0.3 is 0 Å². The Morgan fingerprint density at radius 3 is 2.59 bits per heavy atom. The first kappa shape index (κ1) is 19.2. The smallest absolute Gasteiger partial charge is 0.194 e. The number of rotatable bonds is 6. The molecule has 0 saturated carbocycles. The molecule has 8 nitrogen and oxygen atoms in total. The molecule has 2 aromatic heterocycles. The van der Waals surface area contributed by atoms with Crippen LogP contribution in [-0.4, -0.2) is 63.9 Å².